The lowest BCUT2D eigenvalue weighted by atomic mass is 10.1. The van der Waals surface area contributed by atoms with Crippen LogP contribution in [0.2, 0.25) is 0 Å². The molecule has 0 aliphatic carbocycles. The van der Waals surface area contributed by atoms with Gasteiger partial charge in [-0.1, -0.05) is 17.4 Å². The number of ether oxygens (including phenoxy) is 3. The van der Waals surface area contributed by atoms with Crippen LogP contribution in [0, 0.1) is 13.8 Å². The van der Waals surface area contributed by atoms with Crippen molar-refractivity contribution in [1.29, 1.82) is 0 Å². The number of nitrogens with zero attached hydrogens (tertiary/aromatic N) is 3. The van der Waals surface area contributed by atoms with Crippen molar-refractivity contribution in [3.63, 3.8) is 0 Å². The zero-order chi connectivity index (χ0) is 19.5. The average Bonchev–Trinajstić information content (AvgIpc) is 3.13. The number of carbonyl (C=O) groups excluding carboxylic acids is 1. The zero-order valence-corrected chi connectivity index (χ0v) is 17.1. The maximum Gasteiger partial charge on any atom is 0.298 e. The van der Waals surface area contributed by atoms with E-state index in [1.165, 1.54) is 17.4 Å². The number of rotatable bonds is 5. The molecule has 1 amide bonds. The minimum Gasteiger partial charge on any atom is -0.494 e. The van der Waals surface area contributed by atoms with E-state index in [0.717, 1.165) is 43.1 Å². The van der Waals surface area contributed by atoms with Gasteiger partial charge in [0.1, 0.15) is 19.5 Å². The number of aromatic nitrogens is 1. The highest BCUT2D eigenvalue weighted by Gasteiger charge is 2.27. The standard InChI is InChI=1S/C20H25N3O4S/c1-14-11-15(2)18-16(12-14)21-20(28-18)23(4-3-22-5-7-25-8-6-22)19(24)17-13-26-9-10-27-17/h11-13H,3-10H2,1-2H3. The number of amides is 1. The maximum absolute atomic E-state index is 13.2. The average molecular weight is 404 g/mol. The molecule has 150 valence electrons. The van der Waals surface area contributed by atoms with Crippen LogP contribution in [0.25, 0.3) is 10.2 Å². The Bertz CT molecular complexity index is 889. The van der Waals surface area contributed by atoms with Gasteiger partial charge in [-0.15, -0.1) is 0 Å². The Morgan fingerprint density at radius 1 is 1.21 bits per heavy atom. The first-order valence-electron chi connectivity index (χ1n) is 9.56. The summed E-state index contributed by atoms with van der Waals surface area (Å²) in [6.45, 7) is 9.50. The van der Waals surface area contributed by atoms with E-state index in [2.05, 4.69) is 30.9 Å². The summed E-state index contributed by atoms with van der Waals surface area (Å²) in [4.78, 5) is 22.0. The molecule has 8 heteroatoms. The van der Waals surface area contributed by atoms with Crippen LogP contribution in [0.1, 0.15) is 11.1 Å². The fourth-order valence-electron chi connectivity index (χ4n) is 3.44. The molecular formula is C20H25N3O4S. The Morgan fingerprint density at radius 2 is 2.04 bits per heavy atom. The molecule has 1 saturated heterocycles. The van der Waals surface area contributed by atoms with Crippen LogP contribution in [0.15, 0.2) is 24.2 Å². The number of fused-ring (bicyclic) bond motifs is 1. The number of morpholine rings is 1. The normalized spacial score (nSPS) is 17.7. The first kappa shape index (κ1) is 19.2. The van der Waals surface area contributed by atoms with Gasteiger partial charge in [-0.25, -0.2) is 4.98 Å². The van der Waals surface area contributed by atoms with Gasteiger partial charge in [0, 0.05) is 26.2 Å². The van der Waals surface area contributed by atoms with Crippen molar-refractivity contribution in [1.82, 2.24) is 9.88 Å². The highest BCUT2D eigenvalue weighted by molar-refractivity contribution is 7.22. The van der Waals surface area contributed by atoms with Crippen LogP contribution in [-0.2, 0) is 19.0 Å². The van der Waals surface area contributed by atoms with Crippen LogP contribution in [0.3, 0.4) is 0 Å². The van der Waals surface area contributed by atoms with Crippen LogP contribution in [-0.4, -0.2) is 68.4 Å². The van der Waals surface area contributed by atoms with E-state index >= 15 is 0 Å². The highest BCUT2D eigenvalue weighted by atomic mass is 32.1. The summed E-state index contributed by atoms with van der Waals surface area (Å²) in [6, 6.07) is 4.21. The third-order valence-electron chi connectivity index (χ3n) is 4.89. The molecule has 0 radical (unpaired) electrons. The van der Waals surface area contributed by atoms with Crippen LogP contribution >= 0.6 is 11.3 Å². The van der Waals surface area contributed by atoms with Crippen molar-refractivity contribution in [3.8, 4) is 0 Å². The van der Waals surface area contributed by atoms with Crippen LogP contribution < -0.4 is 4.90 Å². The molecule has 3 heterocycles. The molecule has 28 heavy (non-hydrogen) atoms. The van der Waals surface area contributed by atoms with Crippen molar-refractivity contribution >= 4 is 32.6 Å². The van der Waals surface area contributed by atoms with Crippen molar-refractivity contribution in [2.75, 3.05) is 57.5 Å². The van der Waals surface area contributed by atoms with E-state index < -0.39 is 0 Å². The highest BCUT2D eigenvalue weighted by Crippen LogP contribution is 2.33. The Kier molecular flexibility index (Phi) is 5.79. The molecule has 0 bridgehead atoms. The van der Waals surface area contributed by atoms with E-state index in [9.17, 15) is 4.79 Å². The Labute approximate surface area is 168 Å². The predicted molar refractivity (Wildman–Crippen MR) is 109 cm³/mol. The van der Waals surface area contributed by atoms with E-state index in [-0.39, 0.29) is 11.7 Å². The third kappa shape index (κ3) is 4.14. The van der Waals surface area contributed by atoms with Gasteiger partial charge >= 0.3 is 0 Å². The van der Waals surface area contributed by atoms with E-state index in [1.807, 2.05) is 0 Å². The van der Waals surface area contributed by atoms with Gasteiger partial charge in [0.05, 0.1) is 23.4 Å². The first-order valence-corrected chi connectivity index (χ1v) is 10.4. The number of carbonyl (C=O) groups is 1. The molecule has 0 unspecified atom stereocenters. The Hall–Kier alpha value is -2.16. The molecule has 0 N–H and O–H groups in total. The SMILES string of the molecule is Cc1cc(C)c2sc(N(CCN3CCOCC3)C(=O)C3=COCCO3)nc2c1. The summed E-state index contributed by atoms with van der Waals surface area (Å²) < 4.78 is 17.4. The fourth-order valence-corrected chi connectivity index (χ4v) is 4.48. The second-order valence-corrected chi connectivity index (χ2v) is 8.02. The van der Waals surface area contributed by atoms with Gasteiger partial charge in [0.15, 0.2) is 5.13 Å². The van der Waals surface area contributed by atoms with Crippen molar-refractivity contribution in [2.24, 2.45) is 0 Å². The molecule has 0 spiro atoms. The lowest BCUT2D eigenvalue weighted by Gasteiger charge is -2.29. The maximum atomic E-state index is 13.2. The molecule has 2 aromatic rings. The molecule has 0 saturated carbocycles. The number of benzene rings is 1. The molecule has 1 aromatic carbocycles. The zero-order valence-electron chi connectivity index (χ0n) is 16.3. The molecule has 7 nitrogen and oxygen atoms in total. The lowest BCUT2D eigenvalue weighted by molar-refractivity contribution is -0.119. The molecule has 0 atom stereocenters. The number of anilines is 1. The van der Waals surface area contributed by atoms with E-state index in [1.54, 1.807) is 16.2 Å². The molecule has 2 aliphatic rings. The van der Waals surface area contributed by atoms with Gasteiger partial charge in [0.2, 0.25) is 5.76 Å². The van der Waals surface area contributed by atoms with Crippen molar-refractivity contribution in [3.05, 3.63) is 35.3 Å². The van der Waals surface area contributed by atoms with Gasteiger partial charge in [-0.3, -0.25) is 14.6 Å². The lowest BCUT2D eigenvalue weighted by Crippen LogP contribution is -2.44. The summed E-state index contributed by atoms with van der Waals surface area (Å²) in [5, 5.41) is 0.692. The largest absolute Gasteiger partial charge is 0.494 e. The first-order chi connectivity index (χ1) is 13.6. The summed E-state index contributed by atoms with van der Waals surface area (Å²) in [6.07, 6.45) is 1.41. The topological polar surface area (TPSA) is 64.1 Å². The fraction of sp³-hybridized carbons (Fsp3) is 0.500. The second kappa shape index (κ2) is 8.46. The van der Waals surface area contributed by atoms with Crippen molar-refractivity contribution in [2.45, 2.75) is 13.8 Å². The Balaban J connectivity index is 1.62. The third-order valence-corrected chi connectivity index (χ3v) is 6.12. The second-order valence-electron chi connectivity index (χ2n) is 7.04. The van der Waals surface area contributed by atoms with Crippen LogP contribution in [0.4, 0.5) is 5.13 Å². The molecule has 4 rings (SSSR count). The summed E-state index contributed by atoms with van der Waals surface area (Å²) >= 11 is 1.55. The minimum absolute atomic E-state index is 0.207. The van der Waals surface area contributed by atoms with E-state index in [4.69, 9.17) is 19.2 Å². The number of hydrogen-bond acceptors (Lipinski definition) is 7. The van der Waals surface area contributed by atoms with E-state index in [0.29, 0.717) is 24.9 Å². The van der Waals surface area contributed by atoms with Gasteiger partial charge in [-0.05, 0) is 31.0 Å². The van der Waals surface area contributed by atoms with Gasteiger partial charge in [0.25, 0.3) is 5.91 Å². The molecule has 2 aliphatic heterocycles. The van der Waals surface area contributed by atoms with Gasteiger partial charge in [-0.2, -0.15) is 0 Å². The summed E-state index contributed by atoms with van der Waals surface area (Å²) in [5.41, 5.74) is 3.27. The predicted octanol–water partition coefficient (Wildman–Crippen LogP) is 2.47. The molecule has 1 fully saturated rings. The quantitative estimate of drug-likeness (QED) is 0.764. The number of hydrogen-bond donors (Lipinski definition) is 0. The Morgan fingerprint density at radius 3 is 2.79 bits per heavy atom. The van der Waals surface area contributed by atoms with Gasteiger partial charge < -0.3 is 14.2 Å². The van der Waals surface area contributed by atoms with Crippen molar-refractivity contribution < 1.29 is 19.0 Å². The monoisotopic (exact) mass is 403 g/mol. The number of aryl methyl sites for hydroxylation is 2. The summed E-state index contributed by atoms with van der Waals surface area (Å²) in [7, 11) is 0. The molecular weight excluding hydrogens is 378 g/mol. The van der Waals surface area contributed by atoms with Crippen LogP contribution in [0.5, 0.6) is 0 Å². The summed E-state index contributed by atoms with van der Waals surface area (Å²) in [5.74, 6) is 0.0294. The smallest absolute Gasteiger partial charge is 0.298 e. The number of thiazole rings is 1. The molecule has 1 aromatic heterocycles. The minimum atomic E-state index is -0.207.